The van der Waals surface area contributed by atoms with E-state index in [1.165, 1.54) is 19.4 Å². The van der Waals surface area contributed by atoms with Crippen LogP contribution in [0.5, 0.6) is 0 Å². The van der Waals surface area contributed by atoms with Gasteiger partial charge in [0, 0.05) is 17.4 Å². The molecule has 0 bridgehead atoms. The topological polar surface area (TPSA) is 106 Å². The Kier molecular flexibility index (Phi) is 4.68. The van der Waals surface area contributed by atoms with Crippen LogP contribution in [0.2, 0.25) is 5.15 Å². The minimum atomic E-state index is -1.39. The first-order valence-corrected chi connectivity index (χ1v) is 5.18. The maximum absolute atomic E-state index is 11.0. The first-order valence-electron chi connectivity index (χ1n) is 4.80. The van der Waals surface area contributed by atoms with Crippen molar-refractivity contribution in [2.75, 3.05) is 12.8 Å². The van der Waals surface area contributed by atoms with Crippen LogP contribution in [-0.4, -0.2) is 34.4 Å². The standard InChI is InChI=1S/C10H13ClN2O4/c1-17-7(15)4-6(14)9(16)8-5(12)2-3-13-10(8)11/h2-3,6,9,14,16H,4H2,1H3,(H2,12,13). The Morgan fingerprint density at radius 2 is 2.29 bits per heavy atom. The van der Waals surface area contributed by atoms with Crippen molar-refractivity contribution in [3.63, 3.8) is 0 Å². The Hall–Kier alpha value is -1.37. The van der Waals surface area contributed by atoms with Crippen LogP contribution < -0.4 is 5.73 Å². The molecule has 1 rings (SSSR count). The number of carbonyl (C=O) groups is 1. The fraction of sp³-hybridized carbons (Fsp3) is 0.400. The van der Waals surface area contributed by atoms with Crippen molar-refractivity contribution >= 4 is 23.3 Å². The van der Waals surface area contributed by atoms with Gasteiger partial charge in [0.2, 0.25) is 0 Å². The molecule has 1 heterocycles. The molecular formula is C10H13ClN2O4. The molecule has 4 N–H and O–H groups in total. The second-order valence-electron chi connectivity index (χ2n) is 3.40. The zero-order valence-corrected chi connectivity index (χ0v) is 9.89. The van der Waals surface area contributed by atoms with Gasteiger partial charge in [-0.15, -0.1) is 0 Å². The highest BCUT2D eigenvalue weighted by Gasteiger charge is 2.26. The van der Waals surface area contributed by atoms with Crippen molar-refractivity contribution < 1.29 is 19.7 Å². The number of esters is 1. The van der Waals surface area contributed by atoms with Crippen molar-refractivity contribution in [2.24, 2.45) is 0 Å². The van der Waals surface area contributed by atoms with Crippen LogP contribution in [0.25, 0.3) is 0 Å². The fourth-order valence-electron chi connectivity index (χ4n) is 1.31. The van der Waals surface area contributed by atoms with E-state index in [4.69, 9.17) is 17.3 Å². The Morgan fingerprint density at radius 1 is 1.65 bits per heavy atom. The Balaban J connectivity index is 2.88. The normalized spacial score (nSPS) is 14.1. The van der Waals surface area contributed by atoms with E-state index in [0.717, 1.165) is 0 Å². The highest BCUT2D eigenvalue weighted by atomic mass is 35.5. The van der Waals surface area contributed by atoms with E-state index in [1.54, 1.807) is 0 Å². The molecule has 17 heavy (non-hydrogen) atoms. The maximum atomic E-state index is 11.0. The molecule has 6 nitrogen and oxygen atoms in total. The fourth-order valence-corrected chi connectivity index (χ4v) is 1.59. The Labute approximate surface area is 103 Å². The van der Waals surface area contributed by atoms with Gasteiger partial charge in [-0.25, -0.2) is 4.98 Å². The summed E-state index contributed by atoms with van der Waals surface area (Å²) < 4.78 is 4.38. The SMILES string of the molecule is COC(=O)CC(O)C(O)c1c(N)ccnc1Cl. The molecule has 2 unspecified atom stereocenters. The zero-order valence-electron chi connectivity index (χ0n) is 9.13. The van der Waals surface area contributed by atoms with E-state index in [9.17, 15) is 15.0 Å². The number of rotatable bonds is 4. The monoisotopic (exact) mass is 260 g/mol. The van der Waals surface area contributed by atoms with Gasteiger partial charge in [0.15, 0.2) is 0 Å². The van der Waals surface area contributed by atoms with Crippen LogP contribution in [-0.2, 0) is 9.53 Å². The number of nitrogens with two attached hydrogens (primary N) is 1. The lowest BCUT2D eigenvalue weighted by atomic mass is 10.0. The summed E-state index contributed by atoms with van der Waals surface area (Å²) in [5, 5.41) is 19.4. The van der Waals surface area contributed by atoms with Crippen LogP contribution in [0.15, 0.2) is 12.3 Å². The van der Waals surface area contributed by atoms with Gasteiger partial charge in [-0.2, -0.15) is 0 Å². The van der Waals surface area contributed by atoms with E-state index < -0.39 is 18.2 Å². The summed E-state index contributed by atoms with van der Waals surface area (Å²) in [6.45, 7) is 0. The number of aromatic nitrogens is 1. The molecule has 0 aliphatic heterocycles. The molecule has 1 aromatic heterocycles. The lowest BCUT2D eigenvalue weighted by Crippen LogP contribution is -2.23. The first kappa shape index (κ1) is 13.7. The molecule has 0 saturated carbocycles. The minimum Gasteiger partial charge on any atom is -0.469 e. The van der Waals surface area contributed by atoms with Crippen LogP contribution in [0.1, 0.15) is 18.1 Å². The smallest absolute Gasteiger partial charge is 0.308 e. The van der Waals surface area contributed by atoms with Crippen LogP contribution in [0.4, 0.5) is 5.69 Å². The quantitative estimate of drug-likeness (QED) is 0.530. The third-order valence-corrected chi connectivity index (χ3v) is 2.54. The number of hydrogen-bond acceptors (Lipinski definition) is 6. The lowest BCUT2D eigenvalue weighted by Gasteiger charge is -2.19. The number of anilines is 1. The van der Waals surface area contributed by atoms with E-state index in [1.807, 2.05) is 0 Å². The Morgan fingerprint density at radius 3 is 2.82 bits per heavy atom. The predicted octanol–water partition coefficient (Wildman–Crippen LogP) is 0.275. The van der Waals surface area contributed by atoms with Gasteiger partial charge in [0.25, 0.3) is 0 Å². The van der Waals surface area contributed by atoms with E-state index in [2.05, 4.69) is 9.72 Å². The van der Waals surface area contributed by atoms with Gasteiger partial charge < -0.3 is 20.7 Å². The molecule has 94 valence electrons. The average Bonchev–Trinajstić information content (AvgIpc) is 2.28. The van der Waals surface area contributed by atoms with Gasteiger partial charge in [-0.3, -0.25) is 4.79 Å². The first-order chi connectivity index (χ1) is 7.97. The number of ether oxygens (including phenoxy) is 1. The molecule has 0 radical (unpaired) electrons. The Bertz CT molecular complexity index is 393. The van der Waals surface area contributed by atoms with Crippen molar-refractivity contribution in [1.29, 1.82) is 0 Å². The molecule has 0 spiro atoms. The van der Waals surface area contributed by atoms with Gasteiger partial charge in [-0.1, -0.05) is 11.6 Å². The molecule has 0 aliphatic carbocycles. The summed E-state index contributed by atoms with van der Waals surface area (Å²) in [6.07, 6.45) is -1.73. The van der Waals surface area contributed by atoms with Crippen LogP contribution in [0.3, 0.4) is 0 Å². The van der Waals surface area contributed by atoms with Crippen LogP contribution >= 0.6 is 11.6 Å². The van der Waals surface area contributed by atoms with Gasteiger partial charge in [0.05, 0.1) is 19.6 Å². The van der Waals surface area contributed by atoms with Crippen molar-refractivity contribution in [1.82, 2.24) is 4.98 Å². The van der Waals surface area contributed by atoms with E-state index in [-0.39, 0.29) is 22.8 Å². The number of halogens is 1. The summed E-state index contributed by atoms with van der Waals surface area (Å²) in [5.74, 6) is -0.643. The number of aliphatic hydroxyl groups is 2. The predicted molar refractivity (Wildman–Crippen MR) is 61.3 cm³/mol. The molecule has 7 heteroatoms. The summed E-state index contributed by atoms with van der Waals surface area (Å²) in [6, 6.07) is 1.44. The molecule has 0 fully saturated rings. The second kappa shape index (κ2) is 5.81. The number of methoxy groups -OCH3 is 1. The number of nitrogens with zero attached hydrogens (tertiary/aromatic N) is 1. The largest absolute Gasteiger partial charge is 0.469 e. The third kappa shape index (κ3) is 3.29. The maximum Gasteiger partial charge on any atom is 0.308 e. The summed E-state index contributed by atoms with van der Waals surface area (Å²) in [5.41, 5.74) is 5.91. The highest BCUT2D eigenvalue weighted by molar-refractivity contribution is 6.30. The third-order valence-electron chi connectivity index (χ3n) is 2.24. The number of carbonyl (C=O) groups excluding carboxylic acids is 1. The number of nitrogen functional groups attached to an aromatic ring is 1. The summed E-state index contributed by atoms with van der Waals surface area (Å²) in [4.78, 5) is 14.7. The van der Waals surface area contributed by atoms with Gasteiger partial charge >= 0.3 is 5.97 Å². The second-order valence-corrected chi connectivity index (χ2v) is 3.76. The lowest BCUT2D eigenvalue weighted by molar-refractivity contribution is -0.144. The summed E-state index contributed by atoms with van der Waals surface area (Å²) in [7, 11) is 1.19. The summed E-state index contributed by atoms with van der Waals surface area (Å²) >= 11 is 5.76. The molecular weight excluding hydrogens is 248 g/mol. The van der Waals surface area contributed by atoms with Gasteiger partial charge in [0.1, 0.15) is 11.3 Å². The van der Waals surface area contributed by atoms with E-state index >= 15 is 0 Å². The van der Waals surface area contributed by atoms with E-state index in [0.29, 0.717) is 0 Å². The molecule has 0 amide bonds. The molecule has 0 aromatic carbocycles. The van der Waals surface area contributed by atoms with Crippen molar-refractivity contribution in [2.45, 2.75) is 18.6 Å². The van der Waals surface area contributed by atoms with Crippen molar-refractivity contribution in [3.8, 4) is 0 Å². The average molecular weight is 261 g/mol. The molecule has 0 saturated heterocycles. The number of pyridine rings is 1. The van der Waals surface area contributed by atoms with Crippen molar-refractivity contribution in [3.05, 3.63) is 23.0 Å². The van der Waals surface area contributed by atoms with Crippen LogP contribution in [0, 0.1) is 0 Å². The molecule has 2 atom stereocenters. The van der Waals surface area contributed by atoms with Gasteiger partial charge in [-0.05, 0) is 6.07 Å². The highest BCUT2D eigenvalue weighted by Crippen LogP contribution is 2.29. The molecule has 1 aromatic rings. The number of aliphatic hydroxyl groups excluding tert-OH is 2. The number of hydrogen-bond donors (Lipinski definition) is 3. The zero-order chi connectivity index (χ0) is 13.0. The minimum absolute atomic E-state index is 0.0126. The molecule has 0 aliphatic rings.